The van der Waals surface area contributed by atoms with E-state index >= 15 is 0 Å². The van der Waals surface area contributed by atoms with Crippen LogP contribution in [-0.2, 0) is 0 Å². The number of fused-ring (bicyclic) bond motifs is 1. The van der Waals surface area contributed by atoms with E-state index in [2.05, 4.69) is 10.1 Å². The van der Waals surface area contributed by atoms with E-state index in [1.165, 1.54) is 19.1 Å². The van der Waals surface area contributed by atoms with Crippen molar-refractivity contribution in [3.63, 3.8) is 0 Å². The Balaban J connectivity index is 0.000000469. The van der Waals surface area contributed by atoms with Crippen molar-refractivity contribution in [1.29, 1.82) is 0 Å². The molecule has 5 rings (SSSR count). The van der Waals surface area contributed by atoms with E-state index in [4.69, 9.17) is 14.0 Å². The van der Waals surface area contributed by atoms with Crippen LogP contribution in [0.1, 0.15) is 48.2 Å². The van der Waals surface area contributed by atoms with Gasteiger partial charge < -0.3 is 18.9 Å². The van der Waals surface area contributed by atoms with Gasteiger partial charge in [0.15, 0.2) is 22.9 Å². The summed E-state index contributed by atoms with van der Waals surface area (Å²) in [6.07, 6.45) is 2.90. The van der Waals surface area contributed by atoms with Crippen molar-refractivity contribution >= 4 is 16.8 Å². The van der Waals surface area contributed by atoms with Crippen molar-refractivity contribution in [2.24, 2.45) is 0 Å². The molecule has 194 valence electrons. The minimum atomic E-state index is -0.306. The third-order valence-corrected chi connectivity index (χ3v) is 6.55. The van der Waals surface area contributed by atoms with Crippen LogP contribution < -0.4 is 9.47 Å². The molecule has 4 aromatic rings. The molecule has 37 heavy (non-hydrogen) atoms. The second-order valence-corrected chi connectivity index (χ2v) is 9.10. The molecule has 0 saturated carbocycles. The summed E-state index contributed by atoms with van der Waals surface area (Å²) in [5, 5.41) is 5.13. The maximum atomic E-state index is 13.4. The van der Waals surface area contributed by atoms with Crippen LogP contribution in [0.3, 0.4) is 0 Å². The average molecular weight is 505 g/mol. The molecular weight excluding hydrogens is 471 g/mol. The van der Waals surface area contributed by atoms with Gasteiger partial charge in [0.1, 0.15) is 5.82 Å². The molecule has 0 atom stereocenters. The Morgan fingerprint density at radius 2 is 1.73 bits per heavy atom. The van der Waals surface area contributed by atoms with Gasteiger partial charge in [0, 0.05) is 29.5 Å². The number of likely N-dealkylation sites (tertiary alicyclic amines) is 1. The maximum Gasteiger partial charge on any atom is 0.170 e. The third kappa shape index (κ3) is 7.17. The van der Waals surface area contributed by atoms with Crippen molar-refractivity contribution in [3.05, 3.63) is 89.9 Å². The van der Waals surface area contributed by atoms with E-state index < -0.39 is 0 Å². The second kappa shape index (κ2) is 13.0. The summed E-state index contributed by atoms with van der Waals surface area (Å²) in [5.41, 5.74) is 2.07. The number of carbonyl (C=O) groups is 1. The molecule has 0 aliphatic carbocycles. The van der Waals surface area contributed by atoms with Crippen LogP contribution in [0.2, 0.25) is 0 Å². The molecule has 2 heterocycles. The number of carbonyl (C=O) groups excluding carboxylic acids is 1. The number of rotatable bonds is 8. The Kier molecular flexibility index (Phi) is 9.27. The predicted octanol–water partition coefficient (Wildman–Crippen LogP) is 6.51. The summed E-state index contributed by atoms with van der Waals surface area (Å²) >= 11 is 0. The monoisotopic (exact) mass is 504 g/mol. The quantitative estimate of drug-likeness (QED) is 0.201. The lowest BCUT2D eigenvalue weighted by Crippen LogP contribution is -2.34. The van der Waals surface area contributed by atoms with Gasteiger partial charge in [-0.15, -0.1) is 0 Å². The van der Waals surface area contributed by atoms with Gasteiger partial charge in [-0.25, -0.2) is 4.39 Å². The maximum absolute atomic E-state index is 13.4. The highest BCUT2D eigenvalue weighted by molar-refractivity contribution is 5.94. The molecule has 1 saturated heterocycles. The van der Waals surface area contributed by atoms with Gasteiger partial charge in [-0.3, -0.25) is 4.79 Å². The first kappa shape index (κ1) is 26.4. The molecule has 7 heteroatoms. The van der Waals surface area contributed by atoms with Crippen molar-refractivity contribution in [2.45, 2.75) is 32.1 Å². The highest BCUT2D eigenvalue weighted by atomic mass is 19.1. The summed E-state index contributed by atoms with van der Waals surface area (Å²) < 4.78 is 29.9. The van der Waals surface area contributed by atoms with Crippen LogP contribution in [0, 0.1) is 5.82 Å². The van der Waals surface area contributed by atoms with Crippen LogP contribution in [0.15, 0.2) is 77.3 Å². The zero-order chi connectivity index (χ0) is 26.0. The summed E-state index contributed by atoms with van der Waals surface area (Å²) in [4.78, 5) is 13.9. The fourth-order valence-corrected chi connectivity index (χ4v) is 4.52. The molecule has 0 N–H and O–H groups in total. The summed E-state index contributed by atoms with van der Waals surface area (Å²) in [6.45, 7) is 5.03. The summed E-state index contributed by atoms with van der Waals surface area (Å²) in [6, 6.07) is 21.9. The molecule has 1 fully saturated rings. The number of hydrogen-bond donors (Lipinski definition) is 0. The minimum Gasteiger partial charge on any atom is -0.493 e. The first-order valence-corrected chi connectivity index (χ1v) is 12.6. The molecule has 0 unspecified atom stereocenters. The fraction of sp³-hybridized carbons (Fsp3) is 0.333. The van der Waals surface area contributed by atoms with Crippen LogP contribution in [0.4, 0.5) is 4.39 Å². The van der Waals surface area contributed by atoms with Crippen LogP contribution >= 0.6 is 0 Å². The summed E-state index contributed by atoms with van der Waals surface area (Å²) in [5.74, 6) is 1.26. The number of Topliss-reactive ketones (excluding diaryl/α,β-unsaturated/α-hetero) is 1. The van der Waals surface area contributed by atoms with Crippen LogP contribution in [0.5, 0.6) is 11.5 Å². The van der Waals surface area contributed by atoms with Gasteiger partial charge in [0.25, 0.3) is 0 Å². The van der Waals surface area contributed by atoms with E-state index in [1.54, 1.807) is 31.4 Å². The Morgan fingerprint density at radius 3 is 2.38 bits per heavy atom. The lowest BCUT2D eigenvalue weighted by molar-refractivity contribution is 0.101. The Morgan fingerprint density at radius 1 is 1.03 bits per heavy atom. The molecule has 1 aliphatic heterocycles. The molecule has 6 nitrogen and oxygen atoms in total. The minimum absolute atomic E-state index is 0.000894. The topological polar surface area (TPSA) is 64.8 Å². The highest BCUT2D eigenvalue weighted by Gasteiger charge is 2.25. The van der Waals surface area contributed by atoms with Crippen molar-refractivity contribution < 1.29 is 23.2 Å². The van der Waals surface area contributed by atoms with Gasteiger partial charge in [0.05, 0.1) is 19.4 Å². The number of hydrogen-bond acceptors (Lipinski definition) is 6. The van der Waals surface area contributed by atoms with E-state index in [9.17, 15) is 9.18 Å². The number of benzene rings is 3. The lowest BCUT2D eigenvalue weighted by Gasteiger charge is -2.31. The van der Waals surface area contributed by atoms with Gasteiger partial charge in [-0.2, -0.15) is 0 Å². The molecule has 0 bridgehead atoms. The number of ether oxygens (including phenoxy) is 2. The smallest absolute Gasteiger partial charge is 0.170 e. The van der Waals surface area contributed by atoms with E-state index in [0.29, 0.717) is 35.2 Å². The number of nitrogens with zero attached hydrogens (tertiary/aromatic N) is 2. The highest BCUT2D eigenvalue weighted by Crippen LogP contribution is 2.33. The molecule has 1 aromatic heterocycles. The Hall–Kier alpha value is -3.71. The zero-order valence-electron chi connectivity index (χ0n) is 21.4. The average Bonchev–Trinajstić information content (AvgIpc) is 3.35. The van der Waals surface area contributed by atoms with Gasteiger partial charge in [-0.1, -0.05) is 41.6 Å². The fourth-order valence-electron chi connectivity index (χ4n) is 4.52. The first-order chi connectivity index (χ1) is 18.0. The van der Waals surface area contributed by atoms with Crippen molar-refractivity contribution in [2.75, 3.05) is 33.4 Å². The number of aromatic nitrogens is 1. The molecular formula is C30H33FN2O4. The zero-order valence-corrected chi connectivity index (χ0v) is 21.4. The normalized spacial score (nSPS) is 14.1. The molecule has 0 spiro atoms. The third-order valence-electron chi connectivity index (χ3n) is 6.55. The molecule has 1 aliphatic rings. The van der Waals surface area contributed by atoms with Crippen LogP contribution in [-0.4, -0.2) is 49.2 Å². The van der Waals surface area contributed by atoms with Gasteiger partial charge in [-0.05, 0) is 69.6 Å². The summed E-state index contributed by atoms with van der Waals surface area (Å²) in [7, 11) is 1.57. The Bertz CT molecular complexity index is 1260. The van der Waals surface area contributed by atoms with Crippen molar-refractivity contribution in [1.82, 2.24) is 10.1 Å². The predicted molar refractivity (Wildman–Crippen MR) is 142 cm³/mol. The number of halogens is 1. The van der Waals surface area contributed by atoms with E-state index in [-0.39, 0.29) is 11.6 Å². The first-order valence-electron chi connectivity index (χ1n) is 12.6. The molecule has 0 radical (unpaired) electrons. The molecule has 0 amide bonds. The van der Waals surface area contributed by atoms with Crippen molar-refractivity contribution in [3.8, 4) is 11.5 Å². The van der Waals surface area contributed by atoms with E-state index in [0.717, 1.165) is 50.0 Å². The van der Waals surface area contributed by atoms with E-state index in [1.807, 2.05) is 36.4 Å². The Labute approximate surface area is 217 Å². The SMILES string of the molecule is COc1cc(C(C)=O)ccc1OCCCN1CCC(c2noc3cc(F)ccc23)CC1.c1ccccc1. The largest absolute Gasteiger partial charge is 0.493 e. The molecule has 3 aromatic carbocycles. The van der Waals surface area contributed by atoms with Crippen LogP contribution in [0.25, 0.3) is 11.0 Å². The van der Waals surface area contributed by atoms with Gasteiger partial charge >= 0.3 is 0 Å². The standard InChI is InChI=1S/C24H27FN2O4.C6H6/c1-16(28)18-4-7-21(23(14-18)29-2)30-13-3-10-27-11-8-17(9-12-27)24-20-6-5-19(25)15-22(20)31-26-24;1-2-4-6-5-3-1/h4-7,14-15,17H,3,8-13H2,1-2H3;1-6H. The number of methoxy groups -OCH3 is 1. The van der Waals surface area contributed by atoms with Gasteiger partial charge in [0.2, 0.25) is 0 Å². The second-order valence-electron chi connectivity index (χ2n) is 9.10. The number of ketones is 1. The number of piperidine rings is 1. The lowest BCUT2D eigenvalue weighted by atomic mass is 9.91.